The van der Waals surface area contributed by atoms with Crippen molar-refractivity contribution >= 4 is 34.8 Å². The number of anilines is 3. The highest BCUT2D eigenvalue weighted by molar-refractivity contribution is 6.31. The molecule has 0 spiro atoms. The smallest absolute Gasteiger partial charge is 0.381 e. The Kier molecular flexibility index (Phi) is 6.51. The SMILES string of the molecule is Nc1ncnc(N2CCCC(N3CCCC(Nc4cc(Cl)cc(C(F)(F)F)c4)C3=O)C2)c1F. The van der Waals surface area contributed by atoms with E-state index in [1.807, 2.05) is 0 Å². The number of hydrogen-bond acceptors (Lipinski definition) is 6. The molecule has 12 heteroatoms. The summed E-state index contributed by atoms with van der Waals surface area (Å²) in [4.78, 5) is 24.4. The van der Waals surface area contributed by atoms with Gasteiger partial charge in [0.1, 0.15) is 12.4 Å². The van der Waals surface area contributed by atoms with Gasteiger partial charge in [-0.25, -0.2) is 9.97 Å². The van der Waals surface area contributed by atoms with Crippen LogP contribution in [0.1, 0.15) is 31.2 Å². The van der Waals surface area contributed by atoms with Crippen molar-refractivity contribution in [3.8, 4) is 0 Å². The number of benzene rings is 1. The molecule has 0 saturated carbocycles. The number of carbonyl (C=O) groups excluding carboxylic acids is 1. The highest BCUT2D eigenvalue weighted by atomic mass is 35.5. The summed E-state index contributed by atoms with van der Waals surface area (Å²) >= 11 is 5.87. The average molecular weight is 487 g/mol. The second kappa shape index (κ2) is 9.20. The van der Waals surface area contributed by atoms with Crippen LogP contribution in [-0.4, -0.2) is 52.5 Å². The maximum atomic E-state index is 14.4. The largest absolute Gasteiger partial charge is 0.416 e. The molecular weight excluding hydrogens is 464 g/mol. The molecule has 0 radical (unpaired) electrons. The zero-order valence-corrected chi connectivity index (χ0v) is 18.3. The van der Waals surface area contributed by atoms with E-state index in [9.17, 15) is 22.4 Å². The van der Waals surface area contributed by atoms with Gasteiger partial charge in [-0.2, -0.15) is 17.6 Å². The number of likely N-dealkylation sites (tertiary alicyclic amines) is 1. The lowest BCUT2D eigenvalue weighted by atomic mass is 9.97. The normalized spacial score (nSPS) is 21.9. The lowest BCUT2D eigenvalue weighted by Gasteiger charge is -2.43. The maximum absolute atomic E-state index is 14.4. The van der Waals surface area contributed by atoms with E-state index < -0.39 is 23.6 Å². The molecule has 7 nitrogen and oxygen atoms in total. The van der Waals surface area contributed by atoms with Crippen LogP contribution < -0.4 is 16.0 Å². The first-order chi connectivity index (χ1) is 15.6. The number of rotatable bonds is 4. The number of amides is 1. The Labute approximate surface area is 192 Å². The van der Waals surface area contributed by atoms with Gasteiger partial charge in [0.2, 0.25) is 11.7 Å². The number of nitrogens with two attached hydrogens (primary N) is 1. The van der Waals surface area contributed by atoms with Crippen molar-refractivity contribution in [2.24, 2.45) is 0 Å². The van der Waals surface area contributed by atoms with Crippen molar-refractivity contribution in [1.82, 2.24) is 14.9 Å². The predicted octanol–water partition coefficient (Wildman–Crippen LogP) is 3.94. The van der Waals surface area contributed by atoms with Crippen LogP contribution >= 0.6 is 11.6 Å². The first-order valence-electron chi connectivity index (χ1n) is 10.6. The molecule has 1 aromatic carbocycles. The first-order valence-corrected chi connectivity index (χ1v) is 11.0. The Morgan fingerprint density at radius 3 is 2.64 bits per heavy atom. The summed E-state index contributed by atoms with van der Waals surface area (Å²) in [6, 6.07) is 2.30. The van der Waals surface area contributed by atoms with Gasteiger partial charge in [-0.1, -0.05) is 11.6 Å². The maximum Gasteiger partial charge on any atom is 0.416 e. The molecule has 2 aliphatic heterocycles. The third kappa shape index (κ3) is 5.07. The molecule has 4 rings (SSSR count). The molecule has 2 aromatic rings. The van der Waals surface area contributed by atoms with Gasteiger partial charge in [-0.3, -0.25) is 4.79 Å². The van der Waals surface area contributed by atoms with Crippen LogP contribution in [0.25, 0.3) is 0 Å². The number of alkyl halides is 3. The van der Waals surface area contributed by atoms with E-state index in [0.717, 1.165) is 25.0 Å². The standard InChI is InChI=1S/C21H23ClF4N6O/c22-13-7-12(21(24,25)26)8-14(9-13)30-16-4-2-6-32(20(16)33)15-3-1-5-31(10-15)19-17(23)18(27)28-11-29-19/h7-9,11,15-16,30H,1-6,10H2,(H2,27,28,29). The molecule has 178 valence electrons. The number of nitrogens with zero attached hydrogens (tertiary/aromatic N) is 4. The van der Waals surface area contributed by atoms with E-state index in [4.69, 9.17) is 17.3 Å². The average Bonchev–Trinajstić information content (AvgIpc) is 2.76. The number of piperidine rings is 2. The molecule has 0 bridgehead atoms. The van der Waals surface area contributed by atoms with Crippen LogP contribution in [0, 0.1) is 5.82 Å². The molecule has 0 aliphatic carbocycles. The highest BCUT2D eigenvalue weighted by Crippen LogP contribution is 2.34. The third-order valence-electron chi connectivity index (χ3n) is 5.97. The Bertz CT molecular complexity index is 1040. The topological polar surface area (TPSA) is 87.4 Å². The Hall–Kier alpha value is -2.82. The van der Waals surface area contributed by atoms with Crippen molar-refractivity contribution in [3.63, 3.8) is 0 Å². The van der Waals surface area contributed by atoms with E-state index >= 15 is 0 Å². The van der Waals surface area contributed by atoms with Crippen LogP contribution in [0.4, 0.5) is 34.9 Å². The summed E-state index contributed by atoms with van der Waals surface area (Å²) < 4.78 is 53.8. The van der Waals surface area contributed by atoms with E-state index in [1.165, 1.54) is 12.4 Å². The van der Waals surface area contributed by atoms with Gasteiger partial charge in [0.25, 0.3) is 0 Å². The van der Waals surface area contributed by atoms with Crippen molar-refractivity contribution in [2.45, 2.75) is 43.9 Å². The number of nitrogens with one attached hydrogen (secondary N) is 1. The fourth-order valence-electron chi connectivity index (χ4n) is 4.43. The molecule has 2 unspecified atom stereocenters. The molecule has 2 saturated heterocycles. The molecule has 2 aliphatic rings. The van der Waals surface area contributed by atoms with E-state index in [0.29, 0.717) is 32.5 Å². The first kappa shape index (κ1) is 23.3. The van der Waals surface area contributed by atoms with Crippen LogP contribution in [-0.2, 0) is 11.0 Å². The van der Waals surface area contributed by atoms with Crippen LogP contribution in [0.3, 0.4) is 0 Å². The number of halogens is 5. The van der Waals surface area contributed by atoms with Gasteiger partial charge in [0.15, 0.2) is 11.6 Å². The van der Waals surface area contributed by atoms with Gasteiger partial charge >= 0.3 is 6.18 Å². The molecular formula is C21H23ClF4N6O. The number of aromatic nitrogens is 2. The molecule has 2 atom stereocenters. The zero-order valence-electron chi connectivity index (χ0n) is 17.6. The van der Waals surface area contributed by atoms with Crippen molar-refractivity contribution in [3.05, 3.63) is 40.9 Å². The van der Waals surface area contributed by atoms with E-state index in [2.05, 4.69) is 15.3 Å². The van der Waals surface area contributed by atoms with Gasteiger partial charge < -0.3 is 20.9 Å². The summed E-state index contributed by atoms with van der Waals surface area (Å²) in [5, 5.41) is 2.86. The second-order valence-corrected chi connectivity index (χ2v) is 8.67. The van der Waals surface area contributed by atoms with Crippen LogP contribution in [0.5, 0.6) is 0 Å². The quantitative estimate of drug-likeness (QED) is 0.636. The summed E-state index contributed by atoms with van der Waals surface area (Å²) in [6.07, 6.45) is -0.734. The molecule has 3 heterocycles. The van der Waals surface area contributed by atoms with Crippen molar-refractivity contribution in [1.29, 1.82) is 0 Å². The molecule has 33 heavy (non-hydrogen) atoms. The summed E-state index contributed by atoms with van der Waals surface area (Å²) in [6.45, 7) is 1.46. The molecule has 1 amide bonds. The Morgan fingerprint density at radius 2 is 1.88 bits per heavy atom. The number of carbonyl (C=O) groups is 1. The van der Waals surface area contributed by atoms with E-state index in [-0.39, 0.29) is 34.3 Å². The summed E-state index contributed by atoms with van der Waals surface area (Å²) in [5.74, 6) is -1.03. The molecule has 3 N–H and O–H groups in total. The zero-order chi connectivity index (χ0) is 23.8. The molecule has 1 aromatic heterocycles. The minimum Gasteiger partial charge on any atom is -0.381 e. The van der Waals surface area contributed by atoms with Gasteiger partial charge in [-0.05, 0) is 43.9 Å². The van der Waals surface area contributed by atoms with Crippen LogP contribution in [0.15, 0.2) is 24.5 Å². The fourth-order valence-corrected chi connectivity index (χ4v) is 4.66. The van der Waals surface area contributed by atoms with Gasteiger partial charge in [-0.15, -0.1) is 0 Å². The number of nitrogen functional groups attached to an aromatic ring is 1. The summed E-state index contributed by atoms with van der Waals surface area (Å²) in [7, 11) is 0. The second-order valence-electron chi connectivity index (χ2n) is 8.24. The monoisotopic (exact) mass is 486 g/mol. The number of hydrogen-bond donors (Lipinski definition) is 2. The predicted molar refractivity (Wildman–Crippen MR) is 116 cm³/mol. The van der Waals surface area contributed by atoms with Crippen LogP contribution in [0.2, 0.25) is 5.02 Å². The highest BCUT2D eigenvalue weighted by Gasteiger charge is 2.37. The Morgan fingerprint density at radius 1 is 1.12 bits per heavy atom. The van der Waals surface area contributed by atoms with Crippen molar-refractivity contribution < 1.29 is 22.4 Å². The van der Waals surface area contributed by atoms with Crippen molar-refractivity contribution in [2.75, 3.05) is 35.6 Å². The fraction of sp³-hybridized carbons (Fsp3) is 0.476. The van der Waals surface area contributed by atoms with Gasteiger partial charge in [0, 0.05) is 36.4 Å². The minimum atomic E-state index is -4.55. The lowest BCUT2D eigenvalue weighted by Crippen LogP contribution is -2.56. The molecule has 2 fully saturated rings. The lowest BCUT2D eigenvalue weighted by molar-refractivity contribution is -0.137. The van der Waals surface area contributed by atoms with Gasteiger partial charge in [0.05, 0.1) is 5.56 Å². The minimum absolute atomic E-state index is 0.0680. The summed E-state index contributed by atoms with van der Waals surface area (Å²) in [5.41, 5.74) is 4.82. The van der Waals surface area contributed by atoms with E-state index in [1.54, 1.807) is 9.80 Å². The Balaban J connectivity index is 1.48. The third-order valence-corrected chi connectivity index (χ3v) is 6.19.